The molecule has 0 amide bonds. The first-order valence-corrected chi connectivity index (χ1v) is 6.76. The Labute approximate surface area is 122 Å². The van der Waals surface area contributed by atoms with Crippen LogP contribution in [0.25, 0.3) is 0 Å². The fraction of sp³-hybridized carbons (Fsp3) is 0.333. The molecule has 1 heterocycles. The summed E-state index contributed by atoms with van der Waals surface area (Å²) >= 11 is 0. The number of halogens is 1. The normalized spacial score (nSPS) is 13.7. The van der Waals surface area contributed by atoms with E-state index in [0.29, 0.717) is 11.1 Å². The summed E-state index contributed by atoms with van der Waals surface area (Å²) in [4.78, 5) is 11.7. The zero-order chi connectivity index (χ0) is 15.4. The quantitative estimate of drug-likeness (QED) is 0.857. The maximum Gasteiger partial charge on any atom is 0.341 e. The fourth-order valence-electron chi connectivity index (χ4n) is 2.19. The van der Waals surface area contributed by atoms with E-state index in [-0.39, 0.29) is 18.5 Å². The smallest absolute Gasteiger partial charge is 0.341 e. The first kappa shape index (κ1) is 15.2. The second-order valence-electron chi connectivity index (χ2n) is 4.75. The van der Waals surface area contributed by atoms with E-state index in [4.69, 9.17) is 10.5 Å². The van der Waals surface area contributed by atoms with Crippen molar-refractivity contribution in [2.24, 2.45) is 5.73 Å². The van der Waals surface area contributed by atoms with Crippen molar-refractivity contribution in [3.05, 3.63) is 53.6 Å². The topological polar surface area (TPSA) is 70.1 Å². The lowest BCUT2D eigenvalue weighted by Crippen LogP contribution is -2.31. The molecule has 2 rings (SSSR count). The molecule has 2 N–H and O–H groups in total. The van der Waals surface area contributed by atoms with Crippen LogP contribution in [0.3, 0.4) is 0 Å². The third-order valence-electron chi connectivity index (χ3n) is 3.12. The van der Waals surface area contributed by atoms with Gasteiger partial charge in [-0.25, -0.2) is 9.18 Å². The van der Waals surface area contributed by atoms with Crippen LogP contribution in [-0.4, -0.2) is 28.4 Å². The fourth-order valence-corrected chi connectivity index (χ4v) is 2.19. The molecule has 6 heteroatoms. The van der Waals surface area contributed by atoms with Crippen LogP contribution in [-0.2, 0) is 4.74 Å². The predicted molar refractivity (Wildman–Crippen MR) is 76.4 cm³/mol. The van der Waals surface area contributed by atoms with Gasteiger partial charge in [0.1, 0.15) is 5.82 Å². The number of nitrogens with zero attached hydrogens (tertiary/aromatic N) is 2. The lowest BCUT2D eigenvalue weighted by Gasteiger charge is -2.22. The molecule has 0 aliphatic carbocycles. The number of benzene rings is 1. The highest BCUT2D eigenvalue weighted by Gasteiger charge is 2.23. The van der Waals surface area contributed by atoms with Crippen LogP contribution in [0.5, 0.6) is 0 Å². The van der Waals surface area contributed by atoms with Gasteiger partial charge < -0.3 is 10.5 Å². The van der Waals surface area contributed by atoms with E-state index in [2.05, 4.69) is 5.10 Å². The van der Waals surface area contributed by atoms with Crippen LogP contribution in [0.4, 0.5) is 4.39 Å². The molecule has 0 aliphatic rings. The predicted octanol–water partition coefficient (Wildman–Crippen LogP) is 2.14. The van der Waals surface area contributed by atoms with Crippen LogP contribution in [0.15, 0.2) is 36.7 Å². The Morgan fingerprint density at radius 1 is 1.48 bits per heavy atom. The molecule has 0 fully saturated rings. The van der Waals surface area contributed by atoms with E-state index in [9.17, 15) is 9.18 Å². The Hall–Kier alpha value is -2.21. The molecule has 0 spiro atoms. The summed E-state index contributed by atoms with van der Waals surface area (Å²) in [6.07, 6.45) is 2.92. The molecule has 0 saturated heterocycles. The number of carbonyl (C=O) groups excluding carboxylic acids is 1. The van der Waals surface area contributed by atoms with Crippen LogP contribution >= 0.6 is 0 Å². The Morgan fingerprint density at radius 2 is 2.19 bits per heavy atom. The van der Waals surface area contributed by atoms with Gasteiger partial charge >= 0.3 is 5.97 Å². The summed E-state index contributed by atoms with van der Waals surface area (Å²) in [6, 6.07) is 5.52. The largest absolute Gasteiger partial charge is 0.462 e. The summed E-state index contributed by atoms with van der Waals surface area (Å²) in [5.74, 6) is -0.811. The molecule has 0 saturated carbocycles. The van der Waals surface area contributed by atoms with E-state index < -0.39 is 12.0 Å². The number of rotatable bonds is 5. The van der Waals surface area contributed by atoms with Crippen LogP contribution in [0.1, 0.15) is 35.8 Å². The lowest BCUT2D eigenvalue weighted by atomic mass is 10.0. The van der Waals surface area contributed by atoms with Crippen LogP contribution in [0, 0.1) is 5.82 Å². The van der Waals surface area contributed by atoms with E-state index in [1.54, 1.807) is 32.0 Å². The van der Waals surface area contributed by atoms with E-state index in [1.807, 2.05) is 0 Å². The van der Waals surface area contributed by atoms with Gasteiger partial charge in [-0.1, -0.05) is 18.2 Å². The molecule has 5 nitrogen and oxygen atoms in total. The van der Waals surface area contributed by atoms with Crippen molar-refractivity contribution in [2.45, 2.75) is 25.9 Å². The highest BCUT2D eigenvalue weighted by molar-refractivity contribution is 5.88. The van der Waals surface area contributed by atoms with Gasteiger partial charge in [0.2, 0.25) is 0 Å². The molecule has 21 heavy (non-hydrogen) atoms. The number of aromatic nitrogens is 2. The molecular formula is C15H18FN3O2. The molecule has 1 aromatic heterocycles. The average Bonchev–Trinajstić information content (AvgIpc) is 2.91. The number of carbonyl (C=O) groups is 1. The SMILES string of the molecule is CCOC(=O)c1cnn(C(c2ccccc2F)C(C)N)c1. The third kappa shape index (κ3) is 3.28. The van der Waals surface area contributed by atoms with Crippen LogP contribution < -0.4 is 5.73 Å². The molecular weight excluding hydrogens is 273 g/mol. The molecule has 2 aromatic rings. The molecule has 2 atom stereocenters. The van der Waals surface area contributed by atoms with Crippen molar-refractivity contribution < 1.29 is 13.9 Å². The van der Waals surface area contributed by atoms with E-state index in [0.717, 1.165) is 0 Å². The van der Waals surface area contributed by atoms with Gasteiger partial charge in [-0.3, -0.25) is 4.68 Å². The first-order chi connectivity index (χ1) is 10.0. The number of nitrogens with two attached hydrogens (primary N) is 1. The summed E-state index contributed by atoms with van der Waals surface area (Å²) in [6.45, 7) is 3.78. The molecule has 2 unspecified atom stereocenters. The highest BCUT2D eigenvalue weighted by Crippen LogP contribution is 2.23. The number of esters is 1. The zero-order valence-corrected chi connectivity index (χ0v) is 12.0. The van der Waals surface area contributed by atoms with Crippen molar-refractivity contribution in [3.8, 4) is 0 Å². The molecule has 0 aliphatic heterocycles. The monoisotopic (exact) mass is 291 g/mol. The Bertz CT molecular complexity index is 625. The Balaban J connectivity index is 2.36. The third-order valence-corrected chi connectivity index (χ3v) is 3.12. The Morgan fingerprint density at radius 3 is 2.81 bits per heavy atom. The van der Waals surface area contributed by atoms with Crippen LogP contribution in [0.2, 0.25) is 0 Å². The van der Waals surface area contributed by atoms with Gasteiger partial charge in [0.05, 0.1) is 24.4 Å². The van der Waals surface area contributed by atoms with Gasteiger partial charge in [-0.15, -0.1) is 0 Å². The standard InChI is InChI=1S/C15H18FN3O2/c1-3-21-15(20)11-8-18-19(9-11)14(10(2)17)12-6-4-5-7-13(12)16/h4-10,14H,3,17H2,1-2H3. The zero-order valence-electron chi connectivity index (χ0n) is 12.0. The van der Waals surface area contributed by atoms with E-state index >= 15 is 0 Å². The maximum absolute atomic E-state index is 14.0. The minimum absolute atomic E-state index is 0.286. The van der Waals surface area contributed by atoms with Crippen molar-refractivity contribution in [2.75, 3.05) is 6.61 Å². The number of ether oxygens (including phenoxy) is 1. The number of hydrogen-bond acceptors (Lipinski definition) is 4. The first-order valence-electron chi connectivity index (χ1n) is 6.76. The van der Waals surface area contributed by atoms with Crippen molar-refractivity contribution >= 4 is 5.97 Å². The van der Waals surface area contributed by atoms with Crippen molar-refractivity contribution in [1.29, 1.82) is 0 Å². The maximum atomic E-state index is 14.0. The molecule has 0 radical (unpaired) electrons. The summed E-state index contributed by atoms with van der Waals surface area (Å²) < 4.78 is 20.4. The molecule has 1 aromatic carbocycles. The van der Waals surface area contributed by atoms with E-state index in [1.165, 1.54) is 23.1 Å². The van der Waals surface area contributed by atoms with Gasteiger partial charge in [0.25, 0.3) is 0 Å². The second kappa shape index (κ2) is 6.49. The summed E-state index contributed by atoms with van der Waals surface area (Å²) in [5, 5.41) is 4.13. The lowest BCUT2D eigenvalue weighted by molar-refractivity contribution is 0.0526. The van der Waals surface area contributed by atoms with Crippen molar-refractivity contribution in [3.63, 3.8) is 0 Å². The van der Waals surface area contributed by atoms with Gasteiger partial charge in [0, 0.05) is 17.8 Å². The Kier molecular flexibility index (Phi) is 4.70. The highest BCUT2D eigenvalue weighted by atomic mass is 19.1. The average molecular weight is 291 g/mol. The summed E-state index contributed by atoms with van der Waals surface area (Å²) in [5.41, 5.74) is 6.72. The van der Waals surface area contributed by atoms with Gasteiger partial charge in [-0.2, -0.15) is 5.10 Å². The molecule has 112 valence electrons. The van der Waals surface area contributed by atoms with Crippen molar-refractivity contribution in [1.82, 2.24) is 9.78 Å². The number of hydrogen-bond donors (Lipinski definition) is 1. The van der Waals surface area contributed by atoms with Gasteiger partial charge in [-0.05, 0) is 19.9 Å². The van der Waals surface area contributed by atoms with Gasteiger partial charge in [0.15, 0.2) is 0 Å². The minimum Gasteiger partial charge on any atom is -0.462 e. The second-order valence-corrected chi connectivity index (χ2v) is 4.75. The minimum atomic E-state index is -0.491. The summed E-state index contributed by atoms with van der Waals surface area (Å²) in [7, 11) is 0. The molecule has 0 bridgehead atoms.